The van der Waals surface area contributed by atoms with Gasteiger partial charge in [0.15, 0.2) is 5.60 Å². The van der Waals surface area contributed by atoms with Gasteiger partial charge in [0.05, 0.1) is 5.69 Å². The molecule has 2 rings (SSSR count). The minimum Gasteiger partial charge on any atom is -0.476 e. The largest absolute Gasteiger partial charge is 0.476 e. The molecule has 0 radical (unpaired) electrons. The highest BCUT2D eigenvalue weighted by Gasteiger charge is 2.40. The van der Waals surface area contributed by atoms with E-state index in [4.69, 9.17) is 4.74 Å². The number of fused-ring (bicyclic) bond motifs is 1. The number of hydrogen-bond acceptors (Lipinski definition) is 3. The molecule has 1 aliphatic rings. The van der Waals surface area contributed by atoms with Gasteiger partial charge in [0.2, 0.25) is 5.91 Å². The first-order valence-electron chi connectivity index (χ1n) is 6.63. The van der Waals surface area contributed by atoms with Gasteiger partial charge in [-0.1, -0.05) is 12.1 Å². The molecule has 108 valence electrons. The molecular formula is C15H20N2O3. The van der Waals surface area contributed by atoms with Crippen molar-refractivity contribution in [2.45, 2.75) is 25.9 Å². The zero-order valence-corrected chi connectivity index (χ0v) is 12.3. The van der Waals surface area contributed by atoms with Crippen LogP contribution in [0.4, 0.5) is 5.69 Å². The number of rotatable bonds is 3. The summed E-state index contributed by atoms with van der Waals surface area (Å²) in [6.07, 6.45) is 0.295. The topological polar surface area (TPSA) is 49.9 Å². The molecule has 0 bridgehead atoms. The molecule has 0 spiro atoms. The van der Waals surface area contributed by atoms with Gasteiger partial charge in [-0.2, -0.15) is 0 Å². The van der Waals surface area contributed by atoms with Crippen molar-refractivity contribution < 1.29 is 14.3 Å². The average Bonchev–Trinajstić information content (AvgIpc) is 2.38. The lowest BCUT2D eigenvalue weighted by molar-refractivity contribution is -0.133. The first-order valence-corrected chi connectivity index (χ1v) is 6.63. The molecular weight excluding hydrogens is 256 g/mol. The van der Waals surface area contributed by atoms with E-state index in [0.29, 0.717) is 18.7 Å². The van der Waals surface area contributed by atoms with Crippen molar-refractivity contribution in [3.63, 3.8) is 0 Å². The van der Waals surface area contributed by atoms with E-state index in [-0.39, 0.29) is 11.8 Å². The van der Waals surface area contributed by atoms with Crippen molar-refractivity contribution in [1.82, 2.24) is 4.90 Å². The number of para-hydroxylation sites is 2. The van der Waals surface area contributed by atoms with Crippen LogP contribution in [0.25, 0.3) is 0 Å². The summed E-state index contributed by atoms with van der Waals surface area (Å²) < 4.78 is 5.73. The molecule has 0 N–H and O–H groups in total. The predicted octanol–water partition coefficient (Wildman–Crippen LogP) is 1.67. The second-order valence-electron chi connectivity index (χ2n) is 5.58. The van der Waals surface area contributed by atoms with Gasteiger partial charge >= 0.3 is 0 Å². The molecule has 0 aromatic heterocycles. The minimum atomic E-state index is -0.907. The van der Waals surface area contributed by atoms with Crippen molar-refractivity contribution in [3.05, 3.63) is 24.3 Å². The summed E-state index contributed by atoms with van der Waals surface area (Å²) in [5.74, 6) is 0.553. The second kappa shape index (κ2) is 5.15. The number of anilines is 1. The fourth-order valence-electron chi connectivity index (χ4n) is 2.17. The fourth-order valence-corrected chi connectivity index (χ4v) is 2.17. The van der Waals surface area contributed by atoms with Crippen LogP contribution >= 0.6 is 0 Å². The van der Waals surface area contributed by atoms with Crippen LogP contribution in [0.3, 0.4) is 0 Å². The Morgan fingerprint density at radius 1 is 1.30 bits per heavy atom. The highest BCUT2D eigenvalue weighted by molar-refractivity contribution is 6.02. The Labute approximate surface area is 119 Å². The Hall–Kier alpha value is -2.04. The third kappa shape index (κ3) is 2.61. The Morgan fingerprint density at radius 3 is 2.60 bits per heavy atom. The van der Waals surface area contributed by atoms with Crippen LogP contribution < -0.4 is 9.64 Å². The van der Waals surface area contributed by atoms with E-state index in [2.05, 4.69) is 0 Å². The van der Waals surface area contributed by atoms with E-state index in [1.54, 1.807) is 32.8 Å². The number of carbonyl (C=O) groups is 2. The first-order chi connectivity index (χ1) is 9.33. The van der Waals surface area contributed by atoms with Gasteiger partial charge in [0, 0.05) is 27.1 Å². The molecule has 1 aliphatic heterocycles. The van der Waals surface area contributed by atoms with Crippen molar-refractivity contribution in [2.75, 3.05) is 25.5 Å². The fraction of sp³-hybridized carbons (Fsp3) is 0.467. The zero-order chi connectivity index (χ0) is 14.9. The Kier molecular flexibility index (Phi) is 3.70. The van der Waals surface area contributed by atoms with E-state index in [0.717, 1.165) is 5.69 Å². The number of nitrogens with zero attached hydrogens (tertiary/aromatic N) is 2. The van der Waals surface area contributed by atoms with Crippen LogP contribution in [-0.4, -0.2) is 43.0 Å². The summed E-state index contributed by atoms with van der Waals surface area (Å²) >= 11 is 0. The van der Waals surface area contributed by atoms with Crippen molar-refractivity contribution in [1.29, 1.82) is 0 Å². The number of carbonyl (C=O) groups excluding carboxylic acids is 2. The lowest BCUT2D eigenvalue weighted by Gasteiger charge is -2.38. The highest BCUT2D eigenvalue weighted by atomic mass is 16.5. The van der Waals surface area contributed by atoms with E-state index in [9.17, 15) is 9.59 Å². The molecule has 1 aromatic carbocycles. The number of amides is 2. The van der Waals surface area contributed by atoms with E-state index < -0.39 is 5.60 Å². The molecule has 5 nitrogen and oxygen atoms in total. The lowest BCUT2D eigenvalue weighted by atomic mass is 10.0. The summed E-state index contributed by atoms with van der Waals surface area (Å²) in [6, 6.07) is 7.40. The third-order valence-corrected chi connectivity index (χ3v) is 3.33. The standard InChI is InChI=1S/C15H20N2O3/c1-15(2)14(19)17(10-9-13(18)16(3)4)11-7-5-6-8-12(11)20-15/h5-8H,9-10H2,1-4H3. The quantitative estimate of drug-likeness (QED) is 0.844. The van der Waals surface area contributed by atoms with E-state index in [1.165, 1.54) is 4.90 Å². The molecule has 20 heavy (non-hydrogen) atoms. The lowest BCUT2D eigenvalue weighted by Crippen LogP contribution is -2.53. The Balaban J connectivity index is 2.26. The van der Waals surface area contributed by atoms with E-state index in [1.807, 2.05) is 24.3 Å². The van der Waals surface area contributed by atoms with Gasteiger partial charge in [-0.25, -0.2) is 0 Å². The van der Waals surface area contributed by atoms with Crippen LogP contribution in [0, 0.1) is 0 Å². The molecule has 2 amide bonds. The maximum Gasteiger partial charge on any atom is 0.270 e. The molecule has 0 saturated heterocycles. The third-order valence-electron chi connectivity index (χ3n) is 3.33. The van der Waals surface area contributed by atoms with Gasteiger partial charge in [-0.15, -0.1) is 0 Å². The molecule has 0 saturated carbocycles. The average molecular weight is 276 g/mol. The normalized spacial score (nSPS) is 16.4. The molecule has 0 atom stereocenters. The summed E-state index contributed by atoms with van der Waals surface area (Å²) in [4.78, 5) is 27.4. The van der Waals surface area contributed by atoms with Gasteiger partial charge < -0.3 is 14.5 Å². The molecule has 1 heterocycles. The summed E-state index contributed by atoms with van der Waals surface area (Å²) in [6.45, 7) is 3.84. The number of benzene rings is 1. The SMILES string of the molecule is CN(C)C(=O)CCN1C(=O)C(C)(C)Oc2ccccc21. The van der Waals surface area contributed by atoms with Crippen molar-refractivity contribution in [2.24, 2.45) is 0 Å². The van der Waals surface area contributed by atoms with Crippen molar-refractivity contribution >= 4 is 17.5 Å². The van der Waals surface area contributed by atoms with Gasteiger partial charge in [-0.05, 0) is 26.0 Å². The van der Waals surface area contributed by atoms with Crippen molar-refractivity contribution in [3.8, 4) is 5.75 Å². The van der Waals surface area contributed by atoms with Gasteiger partial charge in [0.1, 0.15) is 5.75 Å². The summed E-state index contributed by atoms with van der Waals surface area (Å²) in [5.41, 5.74) is -0.182. The van der Waals surface area contributed by atoms with Gasteiger partial charge in [0.25, 0.3) is 5.91 Å². The molecule has 1 aromatic rings. The molecule has 0 fully saturated rings. The maximum atomic E-state index is 12.5. The van der Waals surface area contributed by atoms with Crippen LogP contribution in [-0.2, 0) is 9.59 Å². The zero-order valence-electron chi connectivity index (χ0n) is 12.3. The number of ether oxygens (including phenoxy) is 1. The summed E-state index contributed by atoms with van der Waals surface area (Å²) in [5, 5.41) is 0. The monoisotopic (exact) mass is 276 g/mol. The van der Waals surface area contributed by atoms with E-state index >= 15 is 0 Å². The smallest absolute Gasteiger partial charge is 0.270 e. The van der Waals surface area contributed by atoms with Crippen LogP contribution in [0.2, 0.25) is 0 Å². The van der Waals surface area contributed by atoms with Crippen LogP contribution in [0.5, 0.6) is 5.75 Å². The molecule has 0 aliphatic carbocycles. The molecule has 5 heteroatoms. The minimum absolute atomic E-state index is 0.000390. The molecule has 0 unspecified atom stereocenters. The van der Waals surface area contributed by atoms with Crippen LogP contribution in [0.15, 0.2) is 24.3 Å². The second-order valence-corrected chi connectivity index (χ2v) is 5.58. The predicted molar refractivity (Wildman–Crippen MR) is 76.8 cm³/mol. The number of hydrogen-bond donors (Lipinski definition) is 0. The highest BCUT2D eigenvalue weighted by Crippen LogP contribution is 2.37. The summed E-state index contributed by atoms with van der Waals surface area (Å²) in [7, 11) is 3.42. The Morgan fingerprint density at radius 2 is 1.95 bits per heavy atom. The Bertz CT molecular complexity index is 538. The van der Waals surface area contributed by atoms with Crippen LogP contribution in [0.1, 0.15) is 20.3 Å². The first kappa shape index (κ1) is 14.4. The maximum absolute atomic E-state index is 12.5. The van der Waals surface area contributed by atoms with Gasteiger partial charge in [-0.3, -0.25) is 9.59 Å².